The van der Waals surface area contributed by atoms with Crippen molar-refractivity contribution >= 4 is 53.2 Å². The number of rotatable bonds is 6. The zero-order valence-corrected chi connectivity index (χ0v) is 19.8. The first-order valence-corrected chi connectivity index (χ1v) is 12.7. The monoisotopic (exact) mass is 493 g/mol. The Balaban J connectivity index is 1.83. The molecular formula is C26H20Cl2N2O2P+. The lowest BCUT2D eigenvalue weighted by Crippen LogP contribution is -2.46. The van der Waals surface area contributed by atoms with Gasteiger partial charge in [0.05, 0.1) is 0 Å². The Bertz CT molecular complexity index is 1150. The van der Waals surface area contributed by atoms with Gasteiger partial charge in [0.15, 0.2) is 0 Å². The first-order valence-electron chi connectivity index (χ1n) is 10.1. The van der Waals surface area contributed by atoms with Gasteiger partial charge in [0, 0.05) is 21.2 Å². The number of carbonyl (C=O) groups is 2. The van der Waals surface area contributed by atoms with E-state index in [1.165, 1.54) is 0 Å². The first-order chi connectivity index (χ1) is 16.0. The van der Waals surface area contributed by atoms with Gasteiger partial charge in [-0.25, -0.2) is 0 Å². The van der Waals surface area contributed by atoms with E-state index in [1.807, 2.05) is 60.7 Å². The van der Waals surface area contributed by atoms with E-state index >= 15 is 0 Å². The molecule has 0 spiro atoms. The fraction of sp³-hybridized carbons (Fsp3) is 0. The van der Waals surface area contributed by atoms with Crippen molar-refractivity contribution in [2.75, 3.05) is 0 Å². The molecule has 0 aliphatic heterocycles. The minimum absolute atomic E-state index is 0.316. The summed E-state index contributed by atoms with van der Waals surface area (Å²) in [5, 5.41) is 9.05. The standard InChI is InChI=1S/C26H19Cl2N2O2P/c27-21-15-11-19(12-16-21)25(31)29-33(23-7-3-1-4-8-23,24-9-5-2-6-10-24)30-26(32)20-13-17-22(28)18-14-20/h1-18H,(H-,29,30,31,32)/p+1. The molecule has 0 saturated heterocycles. The van der Waals surface area contributed by atoms with Crippen molar-refractivity contribution in [2.24, 2.45) is 0 Å². The number of hydrogen-bond acceptors (Lipinski definition) is 2. The van der Waals surface area contributed by atoms with Crippen LogP contribution in [-0.2, 0) is 0 Å². The summed E-state index contributed by atoms with van der Waals surface area (Å²) < 4.78 is 0. The Morgan fingerprint density at radius 1 is 0.515 bits per heavy atom. The smallest absolute Gasteiger partial charge is 0.266 e. The van der Waals surface area contributed by atoms with Crippen LogP contribution < -0.4 is 20.8 Å². The summed E-state index contributed by atoms with van der Waals surface area (Å²) >= 11 is 12.0. The average molecular weight is 494 g/mol. The number of carbonyl (C=O) groups excluding carboxylic acids is 2. The summed E-state index contributed by atoms with van der Waals surface area (Å²) in [5.74, 6) is -0.631. The molecule has 0 radical (unpaired) electrons. The van der Waals surface area contributed by atoms with Crippen molar-refractivity contribution in [2.45, 2.75) is 0 Å². The topological polar surface area (TPSA) is 58.2 Å². The highest BCUT2D eigenvalue weighted by atomic mass is 35.5. The molecule has 0 fully saturated rings. The van der Waals surface area contributed by atoms with Gasteiger partial charge in [-0.2, -0.15) is 10.2 Å². The zero-order valence-electron chi connectivity index (χ0n) is 17.4. The molecule has 4 rings (SSSR count). The molecule has 4 aromatic rings. The van der Waals surface area contributed by atoms with Gasteiger partial charge in [-0.15, -0.1) is 0 Å². The summed E-state index contributed by atoms with van der Waals surface area (Å²) in [6, 6.07) is 32.2. The minimum Gasteiger partial charge on any atom is -0.266 e. The van der Waals surface area contributed by atoms with E-state index in [4.69, 9.17) is 23.2 Å². The van der Waals surface area contributed by atoms with Crippen LogP contribution in [0.3, 0.4) is 0 Å². The highest BCUT2D eigenvalue weighted by Crippen LogP contribution is 2.48. The number of hydrogen-bond donors (Lipinski definition) is 2. The number of halogens is 2. The second-order valence-electron chi connectivity index (χ2n) is 7.24. The van der Waals surface area contributed by atoms with Gasteiger partial charge in [-0.05, 0) is 72.8 Å². The molecule has 4 aromatic carbocycles. The third-order valence-electron chi connectivity index (χ3n) is 5.04. The fourth-order valence-corrected chi connectivity index (χ4v) is 6.60. The predicted molar refractivity (Wildman–Crippen MR) is 137 cm³/mol. The van der Waals surface area contributed by atoms with E-state index in [-0.39, 0.29) is 11.8 Å². The average Bonchev–Trinajstić information content (AvgIpc) is 2.85. The molecule has 0 heterocycles. The van der Waals surface area contributed by atoms with Gasteiger partial charge in [0.1, 0.15) is 10.6 Å². The normalized spacial score (nSPS) is 11.0. The van der Waals surface area contributed by atoms with Gasteiger partial charge in [0.2, 0.25) is 0 Å². The first kappa shape index (κ1) is 23.0. The van der Waals surface area contributed by atoms with Gasteiger partial charge in [-0.1, -0.05) is 59.6 Å². The second kappa shape index (κ2) is 10.2. The molecule has 0 unspecified atom stereocenters. The quantitative estimate of drug-likeness (QED) is 0.341. The van der Waals surface area contributed by atoms with Crippen LogP contribution in [0.4, 0.5) is 0 Å². The lowest BCUT2D eigenvalue weighted by molar-refractivity contribution is 0.0977. The van der Waals surface area contributed by atoms with Gasteiger partial charge >= 0.3 is 0 Å². The third kappa shape index (κ3) is 5.26. The van der Waals surface area contributed by atoms with Gasteiger partial charge in [-0.3, -0.25) is 9.59 Å². The van der Waals surface area contributed by atoms with Crippen LogP contribution in [0.2, 0.25) is 10.0 Å². The lowest BCUT2D eigenvalue weighted by Gasteiger charge is -2.27. The summed E-state index contributed by atoms with van der Waals surface area (Å²) in [7, 11) is -2.93. The molecule has 164 valence electrons. The summed E-state index contributed by atoms with van der Waals surface area (Å²) in [5.41, 5.74) is 0.882. The Morgan fingerprint density at radius 2 is 0.848 bits per heavy atom. The van der Waals surface area contributed by atoms with E-state index in [0.717, 1.165) is 10.6 Å². The molecule has 0 saturated carbocycles. The van der Waals surface area contributed by atoms with Crippen molar-refractivity contribution in [1.82, 2.24) is 10.2 Å². The highest BCUT2D eigenvalue weighted by Gasteiger charge is 2.47. The molecule has 7 heteroatoms. The lowest BCUT2D eigenvalue weighted by atomic mass is 10.2. The molecule has 2 amide bonds. The van der Waals surface area contributed by atoms with Gasteiger partial charge < -0.3 is 0 Å². The predicted octanol–water partition coefficient (Wildman–Crippen LogP) is 5.65. The van der Waals surface area contributed by atoms with Crippen LogP contribution in [0.5, 0.6) is 0 Å². The van der Waals surface area contributed by atoms with Crippen LogP contribution in [0.1, 0.15) is 20.7 Å². The van der Waals surface area contributed by atoms with Crippen LogP contribution >= 0.6 is 30.8 Å². The van der Waals surface area contributed by atoms with E-state index in [2.05, 4.69) is 10.2 Å². The Morgan fingerprint density at radius 3 is 1.18 bits per heavy atom. The Labute approximate surface area is 203 Å². The van der Waals surface area contributed by atoms with Crippen molar-refractivity contribution in [3.05, 3.63) is 130 Å². The van der Waals surface area contributed by atoms with Crippen molar-refractivity contribution in [3.63, 3.8) is 0 Å². The molecule has 2 N–H and O–H groups in total. The maximum absolute atomic E-state index is 13.4. The summed E-state index contributed by atoms with van der Waals surface area (Å²) in [6.45, 7) is 0. The minimum atomic E-state index is -2.93. The van der Waals surface area contributed by atoms with Gasteiger partial charge in [0.25, 0.3) is 19.4 Å². The molecule has 0 aliphatic rings. The van der Waals surface area contributed by atoms with E-state index in [1.54, 1.807) is 48.5 Å². The molecule has 0 bridgehead atoms. The van der Waals surface area contributed by atoms with Crippen molar-refractivity contribution in [1.29, 1.82) is 0 Å². The SMILES string of the molecule is O=C(N[P+](NC(=O)c1ccc(Cl)cc1)(c1ccccc1)c1ccccc1)c1ccc(Cl)cc1. The van der Waals surface area contributed by atoms with Crippen molar-refractivity contribution in [3.8, 4) is 0 Å². The van der Waals surface area contributed by atoms with Crippen LogP contribution in [0, 0.1) is 0 Å². The summed E-state index contributed by atoms with van der Waals surface area (Å²) in [6.07, 6.45) is 0. The largest absolute Gasteiger partial charge is 0.285 e. The van der Waals surface area contributed by atoms with Crippen LogP contribution in [-0.4, -0.2) is 11.8 Å². The Kier molecular flexibility index (Phi) is 7.10. The maximum atomic E-state index is 13.4. The fourth-order valence-electron chi connectivity index (χ4n) is 3.37. The maximum Gasteiger partial charge on any atom is 0.285 e. The summed E-state index contributed by atoms with van der Waals surface area (Å²) in [4.78, 5) is 26.8. The second-order valence-corrected chi connectivity index (χ2v) is 10.9. The molecule has 0 aliphatic carbocycles. The van der Waals surface area contributed by atoms with Crippen LogP contribution in [0.15, 0.2) is 109 Å². The van der Waals surface area contributed by atoms with E-state index in [9.17, 15) is 9.59 Å². The zero-order chi connectivity index (χ0) is 23.3. The van der Waals surface area contributed by atoms with E-state index < -0.39 is 7.56 Å². The third-order valence-corrected chi connectivity index (χ3v) is 8.76. The highest BCUT2D eigenvalue weighted by molar-refractivity contribution is 7.87. The molecule has 4 nitrogen and oxygen atoms in total. The molecule has 0 atom stereocenters. The molecule has 33 heavy (non-hydrogen) atoms. The number of benzene rings is 4. The number of nitrogens with one attached hydrogen (secondary N) is 2. The van der Waals surface area contributed by atoms with Crippen molar-refractivity contribution < 1.29 is 9.59 Å². The van der Waals surface area contributed by atoms with E-state index in [0.29, 0.717) is 21.2 Å². The van der Waals surface area contributed by atoms with Crippen LogP contribution in [0.25, 0.3) is 0 Å². The number of amides is 2. The Hall–Kier alpha value is -3.17. The molecular weight excluding hydrogens is 474 g/mol. The molecule has 0 aromatic heterocycles.